The largest absolute Gasteiger partial charge is 0.325 e. The van der Waals surface area contributed by atoms with E-state index in [0.29, 0.717) is 16.3 Å². The van der Waals surface area contributed by atoms with Crippen LogP contribution in [0.25, 0.3) is 0 Å². The van der Waals surface area contributed by atoms with Crippen LogP contribution >= 0.6 is 11.6 Å². The third kappa shape index (κ3) is 4.16. The van der Waals surface area contributed by atoms with Gasteiger partial charge in [-0.15, -0.1) is 0 Å². The summed E-state index contributed by atoms with van der Waals surface area (Å²) in [6.45, 7) is 5.62. The zero-order valence-corrected chi connectivity index (χ0v) is 18.9. The van der Waals surface area contributed by atoms with Gasteiger partial charge in [0.25, 0.3) is 5.91 Å². The molecule has 3 aromatic carbocycles. The Morgan fingerprint density at radius 1 is 0.875 bits per heavy atom. The van der Waals surface area contributed by atoms with Crippen LogP contribution in [0, 0.1) is 19.8 Å². The van der Waals surface area contributed by atoms with Crippen LogP contribution in [0.15, 0.2) is 77.9 Å². The zero-order chi connectivity index (χ0) is 22.8. The highest BCUT2D eigenvalue weighted by molar-refractivity contribution is 6.30. The fraction of sp³-hybridized carbons (Fsp3) is 0.192. The van der Waals surface area contributed by atoms with Crippen molar-refractivity contribution in [2.45, 2.75) is 26.8 Å². The maximum absolute atomic E-state index is 13.5. The molecule has 0 aromatic heterocycles. The van der Waals surface area contributed by atoms with Crippen molar-refractivity contribution in [1.82, 2.24) is 5.01 Å². The number of halogens is 1. The molecule has 3 aromatic rings. The number of anilines is 1. The van der Waals surface area contributed by atoms with Crippen LogP contribution in [0.2, 0.25) is 5.02 Å². The van der Waals surface area contributed by atoms with Gasteiger partial charge in [0.2, 0.25) is 5.91 Å². The molecule has 6 heteroatoms. The van der Waals surface area contributed by atoms with Crippen LogP contribution in [0.3, 0.4) is 0 Å². The minimum Gasteiger partial charge on any atom is -0.325 e. The van der Waals surface area contributed by atoms with Gasteiger partial charge in [0.1, 0.15) is 5.92 Å². The van der Waals surface area contributed by atoms with Gasteiger partial charge in [-0.2, -0.15) is 5.10 Å². The zero-order valence-electron chi connectivity index (χ0n) is 18.2. The van der Waals surface area contributed by atoms with Crippen LogP contribution in [-0.2, 0) is 4.79 Å². The Hall–Kier alpha value is -3.44. The molecule has 0 saturated heterocycles. The molecule has 0 spiro atoms. The smallest absolute Gasteiger partial charge is 0.274 e. The summed E-state index contributed by atoms with van der Waals surface area (Å²) in [7, 11) is 0. The normalized spacial score (nSPS) is 17.8. The predicted octanol–water partition coefficient (Wildman–Crippen LogP) is 5.78. The fourth-order valence-corrected chi connectivity index (χ4v) is 4.15. The molecule has 162 valence electrons. The molecule has 2 atom stereocenters. The number of carbonyl (C=O) groups excluding carboxylic acids is 2. The standard InChI is InChI=1S/C26H24ClN3O2/c1-16-8-4-6-10-21(16)26(32)30-24(19-12-14-20(27)15-13-19)23(18(3)29-30)25(31)28-22-11-7-5-9-17(22)2/h4-15,23-24H,1-3H3,(H,28,31). The molecule has 1 aliphatic rings. The maximum Gasteiger partial charge on any atom is 0.274 e. The molecular formula is C26H24ClN3O2. The second-order valence-corrected chi connectivity index (χ2v) is 8.42. The van der Waals surface area contributed by atoms with Crippen molar-refractivity contribution in [3.05, 3.63) is 100 Å². The van der Waals surface area contributed by atoms with E-state index in [0.717, 1.165) is 22.4 Å². The van der Waals surface area contributed by atoms with Gasteiger partial charge in [0.05, 0.1) is 11.8 Å². The molecule has 0 aliphatic carbocycles. The molecule has 2 unspecified atom stereocenters. The number of benzene rings is 3. The number of nitrogens with zero attached hydrogens (tertiary/aromatic N) is 2. The highest BCUT2D eigenvalue weighted by Gasteiger charge is 2.44. The highest BCUT2D eigenvalue weighted by Crippen LogP contribution is 2.38. The van der Waals surface area contributed by atoms with Gasteiger partial charge in [0.15, 0.2) is 0 Å². The Morgan fingerprint density at radius 3 is 2.16 bits per heavy atom. The lowest BCUT2D eigenvalue weighted by molar-refractivity contribution is -0.119. The van der Waals surface area contributed by atoms with Gasteiger partial charge in [0, 0.05) is 16.3 Å². The summed E-state index contributed by atoms with van der Waals surface area (Å²) in [6.07, 6.45) is 0. The number of amides is 2. The molecular weight excluding hydrogens is 422 g/mol. The first-order chi connectivity index (χ1) is 15.4. The minimum atomic E-state index is -0.635. The Bertz CT molecular complexity index is 1200. The molecule has 0 radical (unpaired) electrons. The van der Waals surface area contributed by atoms with E-state index in [1.54, 1.807) is 25.1 Å². The molecule has 2 amide bonds. The second kappa shape index (κ2) is 8.97. The van der Waals surface area contributed by atoms with Crippen molar-refractivity contribution in [3.63, 3.8) is 0 Å². The van der Waals surface area contributed by atoms with E-state index in [1.807, 2.05) is 68.4 Å². The summed E-state index contributed by atoms with van der Waals surface area (Å²) in [5, 5.41) is 9.60. The van der Waals surface area contributed by atoms with Gasteiger partial charge >= 0.3 is 0 Å². The predicted molar refractivity (Wildman–Crippen MR) is 128 cm³/mol. The quantitative estimate of drug-likeness (QED) is 0.552. The van der Waals surface area contributed by atoms with Gasteiger partial charge in [-0.25, -0.2) is 5.01 Å². The molecule has 1 N–H and O–H groups in total. The lowest BCUT2D eigenvalue weighted by atomic mass is 9.89. The van der Waals surface area contributed by atoms with Gasteiger partial charge < -0.3 is 5.32 Å². The SMILES string of the molecule is CC1=NN(C(=O)c2ccccc2C)C(c2ccc(Cl)cc2)C1C(=O)Nc1ccccc1C. The number of hydrogen-bond acceptors (Lipinski definition) is 3. The minimum absolute atomic E-state index is 0.208. The van der Waals surface area contributed by atoms with E-state index in [9.17, 15) is 9.59 Å². The first-order valence-electron chi connectivity index (χ1n) is 10.4. The first kappa shape index (κ1) is 21.8. The van der Waals surface area contributed by atoms with Crippen molar-refractivity contribution < 1.29 is 9.59 Å². The van der Waals surface area contributed by atoms with Crippen molar-refractivity contribution in [2.24, 2.45) is 11.0 Å². The Kier molecular flexibility index (Phi) is 6.10. The average molecular weight is 446 g/mol. The molecule has 0 bridgehead atoms. The number of rotatable bonds is 4. The van der Waals surface area contributed by atoms with E-state index < -0.39 is 12.0 Å². The number of aryl methyl sites for hydroxylation is 2. The molecule has 0 fully saturated rings. The first-order valence-corrected chi connectivity index (χ1v) is 10.8. The summed E-state index contributed by atoms with van der Waals surface area (Å²) in [6, 6.07) is 21.6. The second-order valence-electron chi connectivity index (χ2n) is 7.98. The number of carbonyl (C=O) groups is 2. The average Bonchev–Trinajstić information content (AvgIpc) is 3.13. The number of nitrogens with one attached hydrogen (secondary N) is 1. The number of hydrogen-bond donors (Lipinski definition) is 1. The van der Waals surface area contributed by atoms with Crippen LogP contribution in [-0.4, -0.2) is 22.5 Å². The van der Waals surface area contributed by atoms with Crippen molar-refractivity contribution in [3.8, 4) is 0 Å². The summed E-state index contributed by atoms with van der Waals surface area (Å²) in [4.78, 5) is 26.9. The fourth-order valence-electron chi connectivity index (χ4n) is 4.02. The summed E-state index contributed by atoms with van der Waals surface area (Å²) < 4.78 is 0. The molecule has 0 saturated carbocycles. The Balaban J connectivity index is 1.74. The van der Waals surface area contributed by atoms with Crippen molar-refractivity contribution in [2.75, 3.05) is 5.32 Å². The van der Waals surface area contributed by atoms with Crippen LogP contribution in [0.5, 0.6) is 0 Å². The van der Waals surface area contributed by atoms with Gasteiger partial charge in [-0.1, -0.05) is 60.1 Å². The van der Waals surface area contributed by atoms with Crippen molar-refractivity contribution in [1.29, 1.82) is 0 Å². The highest BCUT2D eigenvalue weighted by atomic mass is 35.5. The lowest BCUT2D eigenvalue weighted by Crippen LogP contribution is -2.36. The molecule has 4 rings (SSSR count). The monoisotopic (exact) mass is 445 g/mol. The number of para-hydroxylation sites is 1. The lowest BCUT2D eigenvalue weighted by Gasteiger charge is -2.27. The summed E-state index contributed by atoms with van der Waals surface area (Å²) in [5.74, 6) is -1.09. The third-order valence-electron chi connectivity index (χ3n) is 5.78. The third-order valence-corrected chi connectivity index (χ3v) is 6.03. The Labute approximate surface area is 192 Å². The Morgan fingerprint density at radius 2 is 1.50 bits per heavy atom. The van der Waals surface area contributed by atoms with E-state index >= 15 is 0 Å². The van der Waals surface area contributed by atoms with Crippen molar-refractivity contribution >= 4 is 34.8 Å². The number of hydrazone groups is 1. The van der Waals surface area contributed by atoms with E-state index in [2.05, 4.69) is 10.4 Å². The van der Waals surface area contributed by atoms with E-state index in [-0.39, 0.29) is 11.8 Å². The molecule has 5 nitrogen and oxygen atoms in total. The molecule has 1 heterocycles. The van der Waals surface area contributed by atoms with Crippen LogP contribution < -0.4 is 5.32 Å². The van der Waals surface area contributed by atoms with E-state index in [4.69, 9.17) is 11.6 Å². The summed E-state index contributed by atoms with van der Waals surface area (Å²) >= 11 is 6.10. The maximum atomic E-state index is 13.5. The molecule has 32 heavy (non-hydrogen) atoms. The van der Waals surface area contributed by atoms with Gasteiger partial charge in [-0.3, -0.25) is 9.59 Å². The van der Waals surface area contributed by atoms with Gasteiger partial charge in [-0.05, 0) is 61.7 Å². The van der Waals surface area contributed by atoms with Crippen LogP contribution in [0.1, 0.15) is 40.0 Å². The van der Waals surface area contributed by atoms with E-state index in [1.165, 1.54) is 5.01 Å². The summed E-state index contributed by atoms with van der Waals surface area (Å²) in [5.41, 5.74) is 4.49. The van der Waals surface area contributed by atoms with Crippen LogP contribution in [0.4, 0.5) is 5.69 Å². The topological polar surface area (TPSA) is 61.8 Å². The molecule has 1 aliphatic heterocycles.